The molecule has 1 N–H and O–H groups in total. The van der Waals surface area contributed by atoms with Crippen LogP contribution in [0, 0.1) is 0 Å². The second-order valence-electron chi connectivity index (χ2n) is 6.96. The van der Waals surface area contributed by atoms with Crippen LogP contribution in [0.1, 0.15) is 12.5 Å². The normalized spacial score (nSPS) is 28.9. The first-order valence-electron chi connectivity index (χ1n) is 8.68. The van der Waals surface area contributed by atoms with E-state index in [2.05, 4.69) is 5.32 Å². The van der Waals surface area contributed by atoms with E-state index in [9.17, 15) is 14.4 Å². The number of nitrogens with zero attached hydrogens (tertiary/aromatic N) is 1. The maximum Gasteiger partial charge on any atom is 0.340 e. The molecule has 2 saturated heterocycles. The predicted molar refractivity (Wildman–Crippen MR) is 111 cm³/mol. The molecule has 2 fully saturated rings. The van der Waals surface area contributed by atoms with Gasteiger partial charge in [-0.15, -0.1) is 11.8 Å². The lowest BCUT2D eigenvalue weighted by atomic mass is 9.95. The molecule has 1 aromatic carbocycles. The van der Waals surface area contributed by atoms with Crippen LogP contribution in [0.25, 0.3) is 0 Å². The van der Waals surface area contributed by atoms with E-state index in [1.54, 1.807) is 11.8 Å². The summed E-state index contributed by atoms with van der Waals surface area (Å²) in [5, 5.41) is 1.44. The van der Waals surface area contributed by atoms with Gasteiger partial charge in [0.1, 0.15) is 22.3 Å². The van der Waals surface area contributed by atoms with Crippen LogP contribution in [0.4, 0.5) is 0 Å². The van der Waals surface area contributed by atoms with Crippen molar-refractivity contribution in [1.82, 2.24) is 10.2 Å². The molecule has 2 aliphatic rings. The van der Waals surface area contributed by atoms with Crippen molar-refractivity contribution in [3.05, 3.63) is 35.9 Å². The highest BCUT2D eigenvalue weighted by Gasteiger charge is 2.60. The molecule has 2 amide bonds. The van der Waals surface area contributed by atoms with Gasteiger partial charge in [0, 0.05) is 7.11 Å². The van der Waals surface area contributed by atoms with Crippen LogP contribution in [0.2, 0.25) is 0 Å². The minimum absolute atomic E-state index is 0.144. The molecule has 0 spiro atoms. The van der Waals surface area contributed by atoms with Gasteiger partial charge in [0.25, 0.3) is 0 Å². The van der Waals surface area contributed by atoms with Crippen molar-refractivity contribution in [2.45, 2.75) is 39.6 Å². The predicted octanol–water partition coefficient (Wildman–Crippen LogP) is 2.27. The van der Waals surface area contributed by atoms with Crippen molar-refractivity contribution in [3.8, 4) is 0 Å². The fourth-order valence-electron chi connectivity index (χ4n) is 3.33. The van der Waals surface area contributed by atoms with Gasteiger partial charge < -0.3 is 19.7 Å². The lowest BCUT2D eigenvalue weighted by molar-refractivity contribution is -0.162. The zero-order valence-electron chi connectivity index (χ0n) is 15.6. The lowest BCUT2D eigenvalue weighted by Gasteiger charge is -2.55. The molecule has 0 aromatic heterocycles. The molecule has 29 heavy (non-hydrogen) atoms. The van der Waals surface area contributed by atoms with Crippen LogP contribution in [0.3, 0.4) is 0 Å². The summed E-state index contributed by atoms with van der Waals surface area (Å²) in [5.41, 5.74) is -0.205. The second-order valence-corrected chi connectivity index (χ2v) is 10.4. The molecular weight excluding hydrogens is 463 g/mol. The largest absolute Gasteiger partial charge is 0.414 e. The number of halogens is 3. The molecular formula is C18H19Cl3N2O5S. The van der Waals surface area contributed by atoms with Gasteiger partial charge in [0.2, 0.25) is 11.8 Å². The molecule has 3 unspecified atom stereocenters. The smallest absolute Gasteiger partial charge is 0.340 e. The maximum absolute atomic E-state index is 12.6. The average Bonchev–Trinajstić information content (AvgIpc) is 2.65. The van der Waals surface area contributed by atoms with Crippen LogP contribution < -0.4 is 5.32 Å². The summed E-state index contributed by atoms with van der Waals surface area (Å²) in [6.45, 7) is 1.82. The topological polar surface area (TPSA) is 84.9 Å². The van der Waals surface area contributed by atoms with Gasteiger partial charge in [-0.1, -0.05) is 30.3 Å². The number of hydrogen-bond donors (Lipinski definition) is 1. The molecule has 0 bridgehead atoms. The molecule has 0 aliphatic carbocycles. The van der Waals surface area contributed by atoms with Gasteiger partial charge in [-0.05, 0) is 47.3 Å². The molecule has 3 rings (SSSR count). The van der Waals surface area contributed by atoms with Gasteiger partial charge in [-0.3, -0.25) is 14.4 Å². The average molecular weight is 482 g/mol. The zero-order valence-corrected chi connectivity index (χ0v) is 18.6. The van der Waals surface area contributed by atoms with Crippen LogP contribution in [0.5, 0.6) is 0 Å². The number of nitrogens with one attached hydrogen (secondary N) is 1. The quantitative estimate of drug-likeness (QED) is 0.395. The standard InChI is InChI=1S/C18H19Cl3N2O5S/c1-17(27-2)9-23-14(25)12(22-11(24)8-10-6-4-3-5-7-10)15(23)29-13(17)16(26)28-18(19,20)21/h3-7,12-13,15H,8-9H2,1-2H3,(H,22,24)/t12?,13?,15-,17?/m1/s1. The summed E-state index contributed by atoms with van der Waals surface area (Å²) in [6, 6.07) is 8.44. The van der Waals surface area contributed by atoms with Crippen molar-refractivity contribution in [2.24, 2.45) is 0 Å². The van der Waals surface area contributed by atoms with Crippen LogP contribution in [0.15, 0.2) is 30.3 Å². The maximum atomic E-state index is 12.6. The minimum atomic E-state index is -2.21. The summed E-state index contributed by atoms with van der Waals surface area (Å²) in [5.74, 6) is -1.29. The van der Waals surface area contributed by atoms with Crippen LogP contribution >= 0.6 is 46.6 Å². The number of carbonyl (C=O) groups excluding carboxylic acids is 3. The Kier molecular flexibility index (Phi) is 6.60. The molecule has 7 nitrogen and oxygen atoms in total. The van der Waals surface area contributed by atoms with Crippen molar-refractivity contribution in [3.63, 3.8) is 0 Å². The highest BCUT2D eigenvalue weighted by Crippen LogP contribution is 2.45. The van der Waals surface area contributed by atoms with E-state index in [-0.39, 0.29) is 24.8 Å². The van der Waals surface area contributed by atoms with Gasteiger partial charge in [-0.25, -0.2) is 0 Å². The van der Waals surface area contributed by atoms with Crippen LogP contribution in [-0.4, -0.2) is 62.6 Å². The monoisotopic (exact) mass is 480 g/mol. The van der Waals surface area contributed by atoms with Gasteiger partial charge >= 0.3 is 9.95 Å². The fourth-order valence-corrected chi connectivity index (χ4v) is 5.12. The molecule has 158 valence electrons. The molecule has 2 heterocycles. The number of alkyl halides is 3. The SMILES string of the molecule is COC1(C)CN2C(=O)C(NC(=O)Cc3ccccc3)[C@H]2SC1C(=O)OC(Cl)(Cl)Cl. The van der Waals surface area contributed by atoms with Gasteiger partial charge in [-0.2, -0.15) is 0 Å². The third-order valence-electron chi connectivity index (χ3n) is 4.88. The summed E-state index contributed by atoms with van der Waals surface area (Å²) in [6.07, 6.45) is 0.149. The van der Waals surface area contributed by atoms with E-state index in [1.165, 1.54) is 7.11 Å². The number of hydrogen-bond acceptors (Lipinski definition) is 6. The van der Waals surface area contributed by atoms with E-state index in [0.29, 0.717) is 0 Å². The minimum Gasteiger partial charge on any atom is -0.414 e. The summed E-state index contributed by atoms with van der Waals surface area (Å²) in [7, 11) is 1.43. The number of benzene rings is 1. The van der Waals surface area contributed by atoms with Crippen molar-refractivity contribution in [1.29, 1.82) is 0 Å². The zero-order chi connectivity index (χ0) is 21.4. The molecule has 4 atom stereocenters. The Hall–Kier alpha value is -1.19. The summed E-state index contributed by atoms with van der Waals surface area (Å²) < 4.78 is 8.15. The van der Waals surface area contributed by atoms with E-state index >= 15 is 0 Å². The first kappa shape index (κ1) is 22.5. The van der Waals surface area contributed by atoms with E-state index in [1.807, 2.05) is 30.3 Å². The van der Waals surface area contributed by atoms with Crippen molar-refractivity contribution in [2.75, 3.05) is 13.7 Å². The Labute approximate surface area is 187 Å². The Balaban J connectivity index is 1.69. The summed E-state index contributed by atoms with van der Waals surface area (Å²) in [4.78, 5) is 39.0. The number of β-lactam (4-membered cyclic amide) rings is 1. The van der Waals surface area contributed by atoms with Crippen molar-refractivity contribution >= 4 is 64.3 Å². The number of fused-ring (bicyclic) bond motifs is 1. The van der Waals surface area contributed by atoms with Gasteiger partial charge in [0.15, 0.2) is 0 Å². The highest BCUT2D eigenvalue weighted by molar-refractivity contribution is 8.01. The Morgan fingerprint density at radius 3 is 2.55 bits per heavy atom. The van der Waals surface area contributed by atoms with Crippen molar-refractivity contribution < 1.29 is 23.9 Å². The molecule has 0 saturated carbocycles. The van der Waals surface area contributed by atoms with E-state index in [4.69, 9.17) is 44.3 Å². The fraction of sp³-hybridized carbons (Fsp3) is 0.500. The number of thioether (sulfide) groups is 1. The Bertz CT molecular complexity index is 806. The number of carbonyl (C=O) groups is 3. The Morgan fingerprint density at radius 2 is 1.97 bits per heavy atom. The second kappa shape index (κ2) is 8.51. The number of methoxy groups -OCH3 is 1. The number of amides is 2. The first-order chi connectivity index (χ1) is 13.5. The molecule has 0 radical (unpaired) electrons. The highest BCUT2D eigenvalue weighted by atomic mass is 35.6. The number of ether oxygens (including phenoxy) is 2. The number of esters is 1. The number of rotatable bonds is 5. The van der Waals surface area contributed by atoms with Gasteiger partial charge in [0.05, 0.1) is 13.0 Å². The third-order valence-corrected chi connectivity index (χ3v) is 6.88. The molecule has 1 aromatic rings. The molecule has 11 heteroatoms. The van der Waals surface area contributed by atoms with E-state index in [0.717, 1.165) is 17.3 Å². The Morgan fingerprint density at radius 1 is 1.31 bits per heavy atom. The van der Waals surface area contributed by atoms with Crippen LogP contribution in [-0.2, 0) is 30.3 Å². The lowest BCUT2D eigenvalue weighted by Crippen LogP contribution is -2.76. The summed E-state index contributed by atoms with van der Waals surface area (Å²) >= 11 is 17.9. The first-order valence-corrected chi connectivity index (χ1v) is 10.8. The molecule has 2 aliphatic heterocycles. The van der Waals surface area contributed by atoms with E-state index < -0.39 is 32.2 Å². The third kappa shape index (κ3) is 4.94.